The molecule has 0 aromatic carbocycles. The third kappa shape index (κ3) is 4.82. The second-order valence-corrected chi connectivity index (χ2v) is 8.35. The van der Waals surface area contributed by atoms with Crippen LogP contribution in [0.4, 0.5) is 5.69 Å². The Labute approximate surface area is 191 Å². The lowest BCUT2D eigenvalue weighted by Crippen LogP contribution is -2.43. The van der Waals surface area contributed by atoms with Gasteiger partial charge in [0, 0.05) is 44.0 Å². The Morgan fingerprint density at radius 1 is 1.06 bits per heavy atom. The van der Waals surface area contributed by atoms with Gasteiger partial charge in [0.1, 0.15) is 13.2 Å². The van der Waals surface area contributed by atoms with E-state index in [1.165, 1.54) is 0 Å². The van der Waals surface area contributed by atoms with Crippen molar-refractivity contribution >= 4 is 16.7 Å². The minimum Gasteiger partial charge on any atom is -0.486 e. The molecule has 0 spiro atoms. The summed E-state index contributed by atoms with van der Waals surface area (Å²) in [5, 5.41) is 3.61. The molecule has 2 aliphatic rings. The van der Waals surface area contributed by atoms with Crippen molar-refractivity contribution in [2.24, 2.45) is 0 Å². The zero-order valence-corrected chi connectivity index (χ0v) is 18.4. The predicted molar refractivity (Wildman–Crippen MR) is 124 cm³/mol. The van der Waals surface area contributed by atoms with E-state index in [1.807, 2.05) is 6.07 Å². The quantitative estimate of drug-likeness (QED) is 0.582. The number of nitrogens with zero attached hydrogens (tertiary/aromatic N) is 5. The zero-order chi connectivity index (χ0) is 22.6. The molecule has 0 saturated carbocycles. The molecule has 1 saturated heterocycles. The van der Waals surface area contributed by atoms with Crippen molar-refractivity contribution in [1.82, 2.24) is 24.8 Å². The van der Waals surface area contributed by atoms with Crippen LogP contribution in [-0.2, 0) is 13.1 Å². The van der Waals surface area contributed by atoms with Crippen molar-refractivity contribution in [1.29, 1.82) is 0 Å². The first-order chi connectivity index (χ1) is 16.2. The average molecular weight is 447 g/mol. The monoisotopic (exact) mass is 446 g/mol. The van der Waals surface area contributed by atoms with Gasteiger partial charge in [-0.05, 0) is 38.1 Å². The fourth-order valence-electron chi connectivity index (χ4n) is 4.39. The maximum Gasteiger partial charge on any atom is 0.251 e. The number of aromatic nitrogens is 3. The second kappa shape index (κ2) is 9.57. The van der Waals surface area contributed by atoms with Crippen LogP contribution in [0.25, 0.3) is 15.9 Å². The first-order valence-corrected chi connectivity index (χ1v) is 11.3. The SMILES string of the molecule is [C-]#[N+]c1cnc2ccc(=O)n(CCN3CCC(NCc4cc5c(cn4)OCCO5)CC3)c2c1. The number of hydrogen-bond acceptors (Lipinski definition) is 7. The average Bonchev–Trinajstić information content (AvgIpc) is 2.87. The molecule has 33 heavy (non-hydrogen) atoms. The molecular weight excluding hydrogens is 420 g/mol. The number of ether oxygens (including phenoxy) is 2. The van der Waals surface area contributed by atoms with Crippen LogP contribution in [-0.4, -0.2) is 58.3 Å². The van der Waals surface area contributed by atoms with Gasteiger partial charge in [-0.3, -0.25) is 14.8 Å². The Balaban J connectivity index is 1.14. The first kappa shape index (κ1) is 21.4. The van der Waals surface area contributed by atoms with Gasteiger partial charge in [-0.25, -0.2) is 4.85 Å². The van der Waals surface area contributed by atoms with Crippen molar-refractivity contribution in [3.63, 3.8) is 0 Å². The molecule has 1 N–H and O–H groups in total. The van der Waals surface area contributed by atoms with E-state index < -0.39 is 0 Å². The third-order valence-corrected chi connectivity index (χ3v) is 6.24. The van der Waals surface area contributed by atoms with E-state index in [0.717, 1.165) is 55.0 Å². The van der Waals surface area contributed by atoms with Gasteiger partial charge in [0.2, 0.25) is 5.69 Å². The Kier molecular flexibility index (Phi) is 6.19. The smallest absolute Gasteiger partial charge is 0.251 e. The van der Waals surface area contributed by atoms with Gasteiger partial charge < -0.3 is 24.3 Å². The molecule has 0 radical (unpaired) electrons. The highest BCUT2D eigenvalue weighted by molar-refractivity contribution is 5.78. The van der Waals surface area contributed by atoms with Gasteiger partial charge in [0.25, 0.3) is 5.56 Å². The number of hydrogen-bond donors (Lipinski definition) is 1. The fourth-order valence-corrected chi connectivity index (χ4v) is 4.39. The topological polar surface area (TPSA) is 85.9 Å². The summed E-state index contributed by atoms with van der Waals surface area (Å²) in [5.41, 5.74) is 2.79. The molecule has 5 heterocycles. The zero-order valence-electron chi connectivity index (χ0n) is 18.4. The lowest BCUT2D eigenvalue weighted by Gasteiger charge is -2.32. The Morgan fingerprint density at radius 3 is 2.70 bits per heavy atom. The minimum absolute atomic E-state index is 0.0603. The van der Waals surface area contributed by atoms with Crippen LogP contribution in [0.15, 0.2) is 41.5 Å². The standard InChI is InChI=1S/C24H26N6O3/c1-25-18-12-21-20(28-14-18)2-3-24(31)30(21)9-8-29-6-4-17(5-7-29)26-15-19-13-22-23(16-27-19)33-11-10-32-22/h2-3,12-14,16-17,26H,4-11,15H2. The molecule has 0 aliphatic carbocycles. The summed E-state index contributed by atoms with van der Waals surface area (Å²) < 4.78 is 12.9. The second-order valence-electron chi connectivity index (χ2n) is 8.35. The van der Waals surface area contributed by atoms with E-state index in [9.17, 15) is 4.79 Å². The molecule has 9 nitrogen and oxygen atoms in total. The summed E-state index contributed by atoms with van der Waals surface area (Å²) in [6.07, 6.45) is 5.36. The van der Waals surface area contributed by atoms with Crippen molar-refractivity contribution in [3.8, 4) is 11.5 Å². The maximum atomic E-state index is 12.5. The van der Waals surface area contributed by atoms with E-state index in [0.29, 0.717) is 43.8 Å². The van der Waals surface area contributed by atoms with E-state index in [2.05, 4.69) is 25.0 Å². The molecule has 0 atom stereocenters. The van der Waals surface area contributed by atoms with Crippen molar-refractivity contribution in [2.45, 2.75) is 32.0 Å². The summed E-state index contributed by atoms with van der Waals surface area (Å²) in [6.45, 7) is 12.4. The largest absolute Gasteiger partial charge is 0.486 e. The Bertz CT molecular complexity index is 1240. The molecule has 0 bridgehead atoms. The van der Waals surface area contributed by atoms with E-state index >= 15 is 0 Å². The third-order valence-electron chi connectivity index (χ3n) is 6.24. The van der Waals surface area contributed by atoms with Gasteiger partial charge in [-0.1, -0.05) is 0 Å². The highest BCUT2D eigenvalue weighted by atomic mass is 16.6. The van der Waals surface area contributed by atoms with Crippen LogP contribution in [0, 0.1) is 6.57 Å². The van der Waals surface area contributed by atoms with Crippen LogP contribution in [0.1, 0.15) is 18.5 Å². The van der Waals surface area contributed by atoms with Crippen LogP contribution in [0.5, 0.6) is 11.5 Å². The van der Waals surface area contributed by atoms with Crippen molar-refractivity contribution in [2.75, 3.05) is 32.8 Å². The number of pyridine rings is 3. The van der Waals surface area contributed by atoms with Gasteiger partial charge in [-0.15, -0.1) is 0 Å². The predicted octanol–water partition coefficient (Wildman–Crippen LogP) is 2.37. The molecule has 5 rings (SSSR count). The lowest BCUT2D eigenvalue weighted by atomic mass is 10.0. The van der Waals surface area contributed by atoms with Crippen LogP contribution < -0.4 is 20.3 Å². The molecule has 3 aromatic rings. The van der Waals surface area contributed by atoms with E-state index in [1.54, 1.807) is 35.2 Å². The van der Waals surface area contributed by atoms with Crippen LogP contribution in [0.2, 0.25) is 0 Å². The Morgan fingerprint density at radius 2 is 1.88 bits per heavy atom. The highest BCUT2D eigenvalue weighted by Gasteiger charge is 2.20. The molecule has 1 fully saturated rings. The van der Waals surface area contributed by atoms with Gasteiger partial charge >= 0.3 is 0 Å². The minimum atomic E-state index is -0.0603. The molecule has 3 aromatic heterocycles. The number of nitrogens with one attached hydrogen (secondary N) is 1. The lowest BCUT2D eigenvalue weighted by molar-refractivity contribution is 0.170. The molecule has 9 heteroatoms. The number of piperidine rings is 1. The number of likely N-dealkylation sites (tertiary alicyclic amines) is 1. The summed E-state index contributed by atoms with van der Waals surface area (Å²) in [7, 11) is 0. The van der Waals surface area contributed by atoms with Crippen molar-refractivity contribution in [3.05, 3.63) is 64.1 Å². The molecule has 2 aliphatic heterocycles. The first-order valence-electron chi connectivity index (χ1n) is 11.3. The normalized spacial score (nSPS) is 16.6. The summed E-state index contributed by atoms with van der Waals surface area (Å²) >= 11 is 0. The van der Waals surface area contributed by atoms with Gasteiger partial charge in [-0.2, -0.15) is 0 Å². The molecule has 0 unspecified atom stereocenters. The van der Waals surface area contributed by atoms with Gasteiger partial charge in [0.15, 0.2) is 11.5 Å². The fraction of sp³-hybridized carbons (Fsp3) is 0.417. The molecule has 0 amide bonds. The van der Waals surface area contributed by atoms with Crippen LogP contribution >= 0.6 is 0 Å². The summed E-state index contributed by atoms with van der Waals surface area (Å²) in [5.74, 6) is 1.48. The van der Waals surface area contributed by atoms with E-state index in [-0.39, 0.29) is 5.56 Å². The summed E-state index contributed by atoms with van der Waals surface area (Å²) in [4.78, 5) is 27.1. The van der Waals surface area contributed by atoms with Crippen molar-refractivity contribution < 1.29 is 9.47 Å². The van der Waals surface area contributed by atoms with Gasteiger partial charge in [0.05, 0.1) is 29.5 Å². The number of rotatable bonds is 6. The van der Waals surface area contributed by atoms with E-state index in [4.69, 9.17) is 16.0 Å². The summed E-state index contributed by atoms with van der Waals surface area (Å²) in [6, 6.07) is 7.40. The maximum absolute atomic E-state index is 12.5. The van der Waals surface area contributed by atoms with Crippen LogP contribution in [0.3, 0.4) is 0 Å². The number of fused-ring (bicyclic) bond motifs is 2. The molecular formula is C24H26N6O3. The highest BCUT2D eigenvalue weighted by Crippen LogP contribution is 2.29. The Hall–Kier alpha value is -3.48. The molecule has 170 valence electrons.